The second-order valence-electron chi connectivity index (χ2n) is 9.02. The van der Waals surface area contributed by atoms with Gasteiger partial charge in [0.15, 0.2) is 12.6 Å². The summed E-state index contributed by atoms with van der Waals surface area (Å²) in [4.78, 5) is 18.7. The molecule has 0 spiro atoms. The molecule has 2 fully saturated rings. The van der Waals surface area contributed by atoms with E-state index in [1.165, 1.54) is 0 Å². The first kappa shape index (κ1) is 25.4. The molecule has 3 heterocycles. The molecule has 2 aromatic heterocycles. The Morgan fingerprint density at radius 3 is 2.64 bits per heavy atom. The second kappa shape index (κ2) is 10.6. The zero-order chi connectivity index (χ0) is 25.3. The summed E-state index contributed by atoms with van der Waals surface area (Å²) in [6.07, 6.45) is 0.992. The highest BCUT2D eigenvalue weighted by molar-refractivity contribution is 7.53. The number of benzene rings is 1. The third kappa shape index (κ3) is 5.52. The Balaban J connectivity index is 1.26. The molecule has 0 amide bonds. The van der Waals surface area contributed by atoms with Crippen molar-refractivity contribution in [2.75, 3.05) is 18.3 Å². The molecular weight excluding hydrogens is 511 g/mol. The highest BCUT2D eigenvalue weighted by Gasteiger charge is 2.44. The quantitative estimate of drug-likeness (QED) is 0.236. The molecule has 3 aromatic rings. The Morgan fingerprint density at radius 2 is 1.89 bits per heavy atom. The molecule has 1 aliphatic carbocycles. The number of hydrogen-bond donors (Lipinski definition) is 4. The molecule has 5 atom stereocenters. The van der Waals surface area contributed by atoms with E-state index in [1.807, 2.05) is 0 Å². The number of aliphatic hydroxyl groups is 2. The molecule has 1 aromatic carbocycles. The van der Waals surface area contributed by atoms with Crippen LogP contribution in [0.15, 0.2) is 42.6 Å². The van der Waals surface area contributed by atoms with Gasteiger partial charge in [0.2, 0.25) is 5.28 Å². The van der Waals surface area contributed by atoms with Gasteiger partial charge in [0.05, 0.1) is 12.0 Å². The number of halogens is 1. The lowest BCUT2D eigenvalue weighted by Gasteiger charge is -2.18. The average Bonchev–Trinajstić information content (AvgIpc) is 3.56. The van der Waals surface area contributed by atoms with Gasteiger partial charge in [0.1, 0.15) is 35.5 Å². The molecule has 4 N–H and O–H groups in total. The molecule has 0 bridgehead atoms. The number of aliphatic hydroxyl groups excluding tert-OH is 2. The van der Waals surface area contributed by atoms with Gasteiger partial charge in [-0.3, -0.25) is 0 Å². The van der Waals surface area contributed by atoms with Crippen LogP contribution in [0.1, 0.15) is 31.9 Å². The van der Waals surface area contributed by atoms with Gasteiger partial charge in [-0.1, -0.05) is 31.0 Å². The lowest BCUT2D eigenvalue weighted by Crippen LogP contribution is -2.34. The Bertz CT molecular complexity index is 1240. The van der Waals surface area contributed by atoms with Gasteiger partial charge in [0, 0.05) is 12.2 Å². The molecule has 13 heteroatoms. The molecule has 1 saturated heterocycles. The van der Waals surface area contributed by atoms with Gasteiger partial charge in [-0.2, -0.15) is 4.98 Å². The minimum Gasteiger partial charge on any atom is -0.423 e. The smallest absolute Gasteiger partial charge is 0.402 e. The van der Waals surface area contributed by atoms with Crippen LogP contribution in [0, 0.1) is 0 Å². The van der Waals surface area contributed by atoms with Crippen LogP contribution < -0.4 is 9.84 Å². The van der Waals surface area contributed by atoms with Gasteiger partial charge in [-0.05, 0) is 42.6 Å². The highest BCUT2D eigenvalue weighted by Crippen LogP contribution is 2.43. The highest BCUT2D eigenvalue weighted by atomic mass is 35.5. The van der Waals surface area contributed by atoms with E-state index in [0.717, 1.165) is 31.1 Å². The summed E-state index contributed by atoms with van der Waals surface area (Å²) in [6.45, 7) is -0.235. The number of fused-ring (bicyclic) bond motifs is 1. The summed E-state index contributed by atoms with van der Waals surface area (Å²) >= 11 is 6.20. The van der Waals surface area contributed by atoms with Gasteiger partial charge >= 0.3 is 7.60 Å². The Hall–Kier alpha value is -2.24. The second-order valence-corrected chi connectivity index (χ2v) is 11.1. The Labute approximate surface area is 212 Å². The van der Waals surface area contributed by atoms with Crippen LogP contribution in [0.4, 0.5) is 5.82 Å². The molecule has 2 aliphatic rings. The zero-order valence-electron chi connectivity index (χ0n) is 19.3. The maximum atomic E-state index is 12.3. The number of nitrogens with zero attached hydrogens (tertiary/aromatic N) is 3. The van der Waals surface area contributed by atoms with Crippen LogP contribution in [0.2, 0.25) is 5.28 Å². The molecule has 2 unspecified atom stereocenters. The fourth-order valence-corrected chi connectivity index (χ4v) is 5.64. The minimum atomic E-state index is -4.09. The van der Waals surface area contributed by atoms with Crippen molar-refractivity contribution in [3.8, 4) is 5.75 Å². The zero-order valence-corrected chi connectivity index (χ0v) is 21.0. The van der Waals surface area contributed by atoms with Gasteiger partial charge in [-0.25, -0.2) is 9.55 Å². The maximum Gasteiger partial charge on any atom is 0.402 e. The van der Waals surface area contributed by atoms with E-state index in [4.69, 9.17) is 25.6 Å². The SMILES string of the molecule is O=P(O)(COC[C@H]1OC(n2ccc3c(NC4CCCC4)nc(Cl)nc32)[C@H](O)[C@@H]1O)Oc1ccccc1. The fourth-order valence-electron chi connectivity index (χ4n) is 4.64. The van der Waals surface area contributed by atoms with Crippen LogP contribution in [0.5, 0.6) is 5.75 Å². The summed E-state index contributed by atoms with van der Waals surface area (Å²) in [7, 11) is -4.09. The summed E-state index contributed by atoms with van der Waals surface area (Å²) in [5, 5.41) is 25.5. The van der Waals surface area contributed by atoms with Crippen LogP contribution in [-0.2, 0) is 14.0 Å². The third-order valence-corrected chi connectivity index (χ3v) is 7.55. The first-order chi connectivity index (χ1) is 17.3. The molecule has 1 aliphatic heterocycles. The van der Waals surface area contributed by atoms with Crippen LogP contribution in [0.25, 0.3) is 11.0 Å². The average molecular weight is 539 g/mol. The van der Waals surface area contributed by atoms with Crippen molar-refractivity contribution in [1.29, 1.82) is 0 Å². The van der Waals surface area contributed by atoms with E-state index in [1.54, 1.807) is 47.2 Å². The summed E-state index contributed by atoms with van der Waals surface area (Å²) < 4.78 is 30.2. The summed E-state index contributed by atoms with van der Waals surface area (Å²) in [6, 6.07) is 10.3. The predicted octanol–water partition coefficient (Wildman–Crippen LogP) is 3.30. The van der Waals surface area contributed by atoms with E-state index >= 15 is 0 Å². The van der Waals surface area contributed by atoms with E-state index in [0.29, 0.717) is 17.5 Å². The van der Waals surface area contributed by atoms with E-state index in [-0.39, 0.29) is 17.6 Å². The lowest BCUT2D eigenvalue weighted by molar-refractivity contribution is -0.0610. The van der Waals surface area contributed by atoms with Crippen molar-refractivity contribution in [3.05, 3.63) is 47.9 Å². The monoisotopic (exact) mass is 538 g/mol. The largest absolute Gasteiger partial charge is 0.423 e. The standard InChI is InChI=1S/C23H28ClN4O7P/c24-23-26-20(25-14-6-4-5-7-14)16-10-11-28(21(16)27-23)22-19(30)18(29)17(34-22)12-33-13-36(31,32)35-15-8-2-1-3-9-15/h1-3,8-11,14,17-19,22,29-30H,4-7,12-13H2,(H,31,32)(H,25,26,27)/t17-,18-,19-,22?/m1/s1. The number of para-hydroxylation sites is 1. The number of hydrogen-bond acceptors (Lipinski definition) is 9. The Morgan fingerprint density at radius 1 is 1.14 bits per heavy atom. The van der Waals surface area contributed by atoms with Crippen molar-refractivity contribution in [3.63, 3.8) is 0 Å². The normalized spacial score (nSPS) is 26.3. The minimum absolute atomic E-state index is 0.0491. The van der Waals surface area contributed by atoms with E-state index in [9.17, 15) is 19.7 Å². The molecule has 0 radical (unpaired) electrons. The van der Waals surface area contributed by atoms with E-state index in [2.05, 4.69) is 15.3 Å². The van der Waals surface area contributed by atoms with Crippen molar-refractivity contribution < 1.29 is 33.7 Å². The van der Waals surface area contributed by atoms with Crippen molar-refractivity contribution in [2.45, 2.75) is 56.3 Å². The topological polar surface area (TPSA) is 148 Å². The van der Waals surface area contributed by atoms with Gasteiger partial charge in [0.25, 0.3) is 0 Å². The number of nitrogens with one attached hydrogen (secondary N) is 1. The van der Waals surface area contributed by atoms with Crippen LogP contribution in [0.3, 0.4) is 0 Å². The summed E-state index contributed by atoms with van der Waals surface area (Å²) in [5.74, 6) is 0.849. The molecule has 36 heavy (non-hydrogen) atoms. The van der Waals surface area contributed by atoms with Crippen LogP contribution in [-0.4, -0.2) is 67.0 Å². The maximum absolute atomic E-state index is 12.3. The summed E-state index contributed by atoms with van der Waals surface area (Å²) in [5.41, 5.74) is 0.449. The molecular formula is C23H28ClN4O7P. The first-order valence-corrected chi connectivity index (χ1v) is 13.9. The van der Waals surface area contributed by atoms with Crippen molar-refractivity contribution in [1.82, 2.24) is 14.5 Å². The van der Waals surface area contributed by atoms with Crippen molar-refractivity contribution >= 4 is 36.0 Å². The lowest BCUT2D eigenvalue weighted by atomic mass is 10.1. The fraction of sp³-hybridized carbons (Fsp3) is 0.478. The first-order valence-electron chi connectivity index (χ1n) is 11.8. The Kier molecular flexibility index (Phi) is 7.50. The molecule has 5 rings (SSSR count). The number of anilines is 1. The number of aromatic nitrogens is 3. The molecule has 11 nitrogen and oxygen atoms in total. The predicted molar refractivity (Wildman–Crippen MR) is 132 cm³/mol. The number of rotatable bonds is 9. The number of ether oxygens (including phenoxy) is 2. The van der Waals surface area contributed by atoms with Crippen molar-refractivity contribution in [2.24, 2.45) is 0 Å². The van der Waals surface area contributed by atoms with Gasteiger partial charge < -0.3 is 39.0 Å². The third-order valence-electron chi connectivity index (χ3n) is 6.38. The van der Waals surface area contributed by atoms with E-state index < -0.39 is 38.5 Å². The van der Waals surface area contributed by atoms with Crippen LogP contribution >= 0.6 is 19.2 Å². The molecule has 1 saturated carbocycles. The molecule has 194 valence electrons. The van der Waals surface area contributed by atoms with Gasteiger partial charge in [-0.15, -0.1) is 0 Å².